The first-order chi connectivity index (χ1) is 12.6. The van der Waals surface area contributed by atoms with Crippen molar-refractivity contribution in [3.05, 3.63) is 24.5 Å². The number of ether oxygens (including phenoxy) is 1. The monoisotopic (exact) mass is 362 g/mol. The topological polar surface area (TPSA) is 156 Å². The molecule has 1 aliphatic rings. The number of fused-ring (bicyclic) bond motifs is 1. The minimum Gasteiger partial charge on any atom is -0.394 e. The number of nitrogens with zero attached hydrogens (tertiary/aromatic N) is 7. The van der Waals surface area contributed by atoms with Gasteiger partial charge >= 0.3 is 0 Å². The molecule has 12 nitrogen and oxygen atoms in total. The molecule has 0 spiro atoms. The highest BCUT2D eigenvalue weighted by Gasteiger charge is 2.44. The van der Waals surface area contributed by atoms with Crippen molar-refractivity contribution in [2.45, 2.75) is 31.1 Å². The lowest BCUT2D eigenvalue weighted by molar-refractivity contribution is -0.0511. The van der Waals surface area contributed by atoms with E-state index in [9.17, 15) is 15.3 Å². The molecule has 4 N–H and O–H groups in total. The van der Waals surface area contributed by atoms with Crippen LogP contribution >= 0.6 is 0 Å². The molecule has 1 aliphatic heterocycles. The van der Waals surface area contributed by atoms with Crippen molar-refractivity contribution >= 4 is 17.0 Å². The molecule has 4 heterocycles. The zero-order valence-electron chi connectivity index (χ0n) is 13.8. The lowest BCUT2D eigenvalue weighted by atomic mass is 10.1. The smallest absolute Gasteiger partial charge is 0.167 e. The van der Waals surface area contributed by atoms with E-state index in [4.69, 9.17) is 4.74 Å². The highest BCUT2D eigenvalue weighted by molar-refractivity contribution is 5.82. The maximum absolute atomic E-state index is 10.2. The van der Waals surface area contributed by atoms with Gasteiger partial charge in [-0.1, -0.05) is 5.21 Å². The van der Waals surface area contributed by atoms with E-state index in [1.807, 2.05) is 0 Å². The van der Waals surface area contributed by atoms with Crippen LogP contribution in [0.5, 0.6) is 0 Å². The molecule has 4 atom stereocenters. The number of aliphatic hydroxyl groups excluding tert-OH is 3. The molecular weight excluding hydrogens is 344 g/mol. The van der Waals surface area contributed by atoms with Crippen LogP contribution < -0.4 is 5.32 Å². The summed E-state index contributed by atoms with van der Waals surface area (Å²) in [7, 11) is 1.78. The molecule has 26 heavy (non-hydrogen) atoms. The summed E-state index contributed by atoms with van der Waals surface area (Å²) in [6.45, 7) is 0.00191. The van der Waals surface area contributed by atoms with Crippen LogP contribution in [0.1, 0.15) is 11.9 Å². The second kappa shape index (κ2) is 6.57. The van der Waals surface area contributed by atoms with Crippen LogP contribution in [-0.4, -0.2) is 74.8 Å². The fourth-order valence-electron chi connectivity index (χ4n) is 2.93. The molecule has 0 unspecified atom stereocenters. The van der Waals surface area contributed by atoms with E-state index in [2.05, 4.69) is 30.6 Å². The number of nitrogens with one attached hydrogen (secondary N) is 1. The summed E-state index contributed by atoms with van der Waals surface area (Å²) in [5.41, 5.74) is 1.65. The number of aryl methyl sites for hydroxylation is 1. The van der Waals surface area contributed by atoms with Crippen LogP contribution in [0.2, 0.25) is 0 Å². The van der Waals surface area contributed by atoms with Crippen molar-refractivity contribution < 1.29 is 20.1 Å². The molecule has 0 amide bonds. The van der Waals surface area contributed by atoms with E-state index in [1.54, 1.807) is 17.9 Å². The van der Waals surface area contributed by atoms with Crippen molar-refractivity contribution in [3.63, 3.8) is 0 Å². The molecule has 0 bridgehead atoms. The van der Waals surface area contributed by atoms with E-state index >= 15 is 0 Å². The fraction of sp³-hybridized carbons (Fsp3) is 0.500. The summed E-state index contributed by atoms with van der Waals surface area (Å²) < 4.78 is 8.64. The van der Waals surface area contributed by atoms with Crippen molar-refractivity contribution in [2.24, 2.45) is 7.05 Å². The zero-order valence-corrected chi connectivity index (χ0v) is 13.8. The SMILES string of the molecule is Cn1cc(CNc2ncnc3c2ncn3[C@@H]2O[C@H](CO)[C@@H](O)[C@H]2O)nn1. The van der Waals surface area contributed by atoms with Crippen LogP contribution in [0.3, 0.4) is 0 Å². The lowest BCUT2D eigenvalue weighted by Gasteiger charge is -2.16. The molecule has 1 saturated heterocycles. The Hall–Kier alpha value is -2.67. The molecular formula is C14H18N8O4. The van der Waals surface area contributed by atoms with Crippen molar-refractivity contribution in [3.8, 4) is 0 Å². The number of aromatic nitrogens is 7. The van der Waals surface area contributed by atoms with Gasteiger partial charge in [-0.25, -0.2) is 15.0 Å². The number of hydrogen-bond acceptors (Lipinski definition) is 10. The van der Waals surface area contributed by atoms with E-state index in [0.717, 1.165) is 5.69 Å². The normalized spacial score (nSPS) is 25.8. The Morgan fingerprint density at radius 1 is 1.23 bits per heavy atom. The summed E-state index contributed by atoms with van der Waals surface area (Å²) in [5, 5.41) is 40.4. The largest absolute Gasteiger partial charge is 0.394 e. The summed E-state index contributed by atoms with van der Waals surface area (Å²) in [6.07, 6.45) is 0.407. The van der Waals surface area contributed by atoms with Gasteiger partial charge in [-0.05, 0) is 0 Å². The third-order valence-electron chi connectivity index (χ3n) is 4.24. The lowest BCUT2D eigenvalue weighted by Crippen LogP contribution is -2.33. The summed E-state index contributed by atoms with van der Waals surface area (Å²) in [6, 6.07) is 0. The Morgan fingerprint density at radius 3 is 2.77 bits per heavy atom. The first-order valence-corrected chi connectivity index (χ1v) is 7.97. The van der Waals surface area contributed by atoms with Crippen LogP contribution in [0.15, 0.2) is 18.9 Å². The van der Waals surface area contributed by atoms with Crippen LogP contribution in [0.25, 0.3) is 11.2 Å². The average Bonchev–Trinajstić information content (AvgIpc) is 3.32. The predicted molar refractivity (Wildman–Crippen MR) is 86.7 cm³/mol. The van der Waals surface area contributed by atoms with Gasteiger partial charge in [0.05, 0.1) is 19.5 Å². The van der Waals surface area contributed by atoms with Crippen LogP contribution in [0.4, 0.5) is 5.82 Å². The molecule has 138 valence electrons. The van der Waals surface area contributed by atoms with Gasteiger partial charge in [0, 0.05) is 13.2 Å². The molecule has 0 radical (unpaired) electrons. The summed E-state index contributed by atoms with van der Waals surface area (Å²) in [5.74, 6) is 0.492. The zero-order chi connectivity index (χ0) is 18.3. The Bertz CT molecular complexity index is 911. The molecule has 1 fully saturated rings. The number of imidazole rings is 1. The van der Waals surface area contributed by atoms with Crippen LogP contribution in [0, 0.1) is 0 Å². The van der Waals surface area contributed by atoms with Crippen molar-refractivity contribution in [1.82, 2.24) is 34.5 Å². The van der Waals surface area contributed by atoms with Gasteiger partial charge in [0.1, 0.15) is 30.3 Å². The number of aliphatic hydroxyl groups is 3. The fourth-order valence-corrected chi connectivity index (χ4v) is 2.93. The molecule has 3 aromatic rings. The average molecular weight is 362 g/mol. The minimum absolute atomic E-state index is 0.402. The molecule has 3 aromatic heterocycles. The highest BCUT2D eigenvalue weighted by Crippen LogP contribution is 2.32. The second-order valence-electron chi connectivity index (χ2n) is 6.01. The van der Waals surface area contributed by atoms with E-state index in [0.29, 0.717) is 23.5 Å². The third kappa shape index (κ3) is 2.78. The first kappa shape index (κ1) is 16.8. The number of anilines is 1. The standard InChI is InChI=1S/C14H18N8O4/c1-21-3-7(19-20-21)2-15-12-9-13(17-5-16-12)22(6-18-9)14-11(25)10(24)8(4-23)26-14/h3,5-6,8,10-11,14,23-25H,2,4H2,1H3,(H,15,16,17)/t8-,10-,11-,14-/m1/s1. The maximum atomic E-state index is 10.2. The molecule has 12 heteroatoms. The van der Waals surface area contributed by atoms with Gasteiger partial charge in [0.25, 0.3) is 0 Å². The Labute approximate surface area is 147 Å². The molecule has 0 saturated carbocycles. The molecule has 0 aromatic carbocycles. The van der Waals surface area contributed by atoms with E-state index < -0.39 is 31.1 Å². The van der Waals surface area contributed by atoms with E-state index in [1.165, 1.54) is 17.2 Å². The van der Waals surface area contributed by atoms with Crippen LogP contribution in [-0.2, 0) is 18.3 Å². The Kier molecular flexibility index (Phi) is 4.24. The molecule has 0 aliphatic carbocycles. The summed E-state index contributed by atoms with van der Waals surface area (Å²) in [4.78, 5) is 12.7. The predicted octanol–water partition coefficient (Wildman–Crippen LogP) is -1.82. The van der Waals surface area contributed by atoms with Crippen molar-refractivity contribution in [2.75, 3.05) is 11.9 Å². The van der Waals surface area contributed by atoms with Gasteiger partial charge in [0.15, 0.2) is 23.2 Å². The van der Waals surface area contributed by atoms with Crippen molar-refractivity contribution in [1.29, 1.82) is 0 Å². The van der Waals surface area contributed by atoms with Gasteiger partial charge in [-0.15, -0.1) is 5.10 Å². The van der Waals surface area contributed by atoms with E-state index in [-0.39, 0.29) is 0 Å². The Balaban J connectivity index is 1.61. The van der Waals surface area contributed by atoms with Gasteiger partial charge in [-0.3, -0.25) is 9.25 Å². The number of rotatable bonds is 5. The van der Waals surface area contributed by atoms with Gasteiger partial charge < -0.3 is 25.4 Å². The second-order valence-corrected chi connectivity index (χ2v) is 6.01. The highest BCUT2D eigenvalue weighted by atomic mass is 16.6. The van der Waals surface area contributed by atoms with Gasteiger partial charge in [0.2, 0.25) is 0 Å². The Morgan fingerprint density at radius 2 is 2.08 bits per heavy atom. The minimum atomic E-state index is -1.21. The summed E-state index contributed by atoms with van der Waals surface area (Å²) >= 11 is 0. The number of hydrogen-bond donors (Lipinski definition) is 4. The quantitative estimate of drug-likeness (QED) is 0.407. The third-order valence-corrected chi connectivity index (χ3v) is 4.24. The maximum Gasteiger partial charge on any atom is 0.167 e. The molecule has 4 rings (SSSR count). The van der Waals surface area contributed by atoms with Gasteiger partial charge in [-0.2, -0.15) is 0 Å². The first-order valence-electron chi connectivity index (χ1n) is 7.97.